The van der Waals surface area contributed by atoms with Crippen LogP contribution in [-0.4, -0.2) is 40.1 Å². The number of halogens is 1. The van der Waals surface area contributed by atoms with Gasteiger partial charge in [0.1, 0.15) is 4.21 Å². The SMILES string of the molecule is O=C(CNS(=O)(=O)c1ccc(Cl)s1)NCC1CCCO1. The molecule has 0 aromatic carbocycles. The molecule has 2 heterocycles. The number of hydrogen-bond donors (Lipinski definition) is 2. The van der Waals surface area contributed by atoms with Gasteiger partial charge in [-0.1, -0.05) is 11.6 Å². The third kappa shape index (κ3) is 4.42. The van der Waals surface area contributed by atoms with E-state index in [0.29, 0.717) is 17.5 Å². The van der Waals surface area contributed by atoms with Gasteiger partial charge in [0.05, 0.1) is 17.0 Å². The van der Waals surface area contributed by atoms with Crippen LogP contribution >= 0.6 is 22.9 Å². The van der Waals surface area contributed by atoms with E-state index in [-0.39, 0.29) is 22.8 Å². The number of hydrogen-bond acceptors (Lipinski definition) is 5. The van der Waals surface area contributed by atoms with Gasteiger partial charge in [0.2, 0.25) is 5.91 Å². The molecule has 1 amide bonds. The van der Waals surface area contributed by atoms with Crippen molar-refractivity contribution in [1.82, 2.24) is 10.0 Å². The molecule has 2 rings (SSSR count). The topological polar surface area (TPSA) is 84.5 Å². The highest BCUT2D eigenvalue weighted by molar-refractivity contribution is 7.91. The fourth-order valence-corrected chi connectivity index (χ4v) is 4.28. The largest absolute Gasteiger partial charge is 0.376 e. The third-order valence-electron chi connectivity index (χ3n) is 2.79. The lowest BCUT2D eigenvalue weighted by Crippen LogP contribution is -2.39. The zero-order chi connectivity index (χ0) is 14.6. The Kier molecular flexibility index (Phi) is 5.39. The summed E-state index contributed by atoms with van der Waals surface area (Å²) in [6.07, 6.45) is 1.94. The number of carbonyl (C=O) groups excluding carboxylic acids is 1. The van der Waals surface area contributed by atoms with Crippen LogP contribution < -0.4 is 10.0 Å². The van der Waals surface area contributed by atoms with Gasteiger partial charge < -0.3 is 10.1 Å². The normalized spacial score (nSPS) is 19.1. The molecule has 1 aliphatic rings. The molecule has 1 aromatic heterocycles. The van der Waals surface area contributed by atoms with Gasteiger partial charge in [-0.3, -0.25) is 4.79 Å². The van der Waals surface area contributed by atoms with Crippen molar-refractivity contribution in [3.63, 3.8) is 0 Å². The number of rotatable bonds is 6. The molecule has 20 heavy (non-hydrogen) atoms. The summed E-state index contributed by atoms with van der Waals surface area (Å²) in [4.78, 5) is 11.6. The van der Waals surface area contributed by atoms with E-state index in [1.807, 2.05) is 0 Å². The smallest absolute Gasteiger partial charge is 0.250 e. The molecule has 6 nitrogen and oxygen atoms in total. The van der Waals surface area contributed by atoms with Crippen molar-refractivity contribution < 1.29 is 17.9 Å². The Bertz CT molecular complexity index is 567. The molecule has 0 spiro atoms. The highest BCUT2D eigenvalue weighted by atomic mass is 35.5. The first-order valence-electron chi connectivity index (χ1n) is 6.11. The van der Waals surface area contributed by atoms with E-state index in [1.54, 1.807) is 0 Å². The summed E-state index contributed by atoms with van der Waals surface area (Å²) < 4.78 is 31.8. The first-order chi connectivity index (χ1) is 9.47. The van der Waals surface area contributed by atoms with E-state index in [0.717, 1.165) is 24.2 Å². The second-order valence-electron chi connectivity index (χ2n) is 4.32. The number of amides is 1. The van der Waals surface area contributed by atoms with Gasteiger partial charge in [-0.25, -0.2) is 13.1 Å². The molecule has 1 saturated heterocycles. The zero-order valence-electron chi connectivity index (χ0n) is 10.6. The number of sulfonamides is 1. The van der Waals surface area contributed by atoms with E-state index in [4.69, 9.17) is 16.3 Å². The summed E-state index contributed by atoms with van der Waals surface area (Å²) in [6, 6.07) is 2.90. The van der Waals surface area contributed by atoms with Crippen molar-refractivity contribution >= 4 is 38.9 Å². The van der Waals surface area contributed by atoms with Crippen LogP contribution in [0.3, 0.4) is 0 Å². The molecule has 0 aliphatic carbocycles. The van der Waals surface area contributed by atoms with Gasteiger partial charge in [-0.15, -0.1) is 11.3 Å². The molecular formula is C11H15ClN2O4S2. The van der Waals surface area contributed by atoms with Gasteiger partial charge in [0.15, 0.2) is 0 Å². The van der Waals surface area contributed by atoms with Gasteiger partial charge in [-0.2, -0.15) is 0 Å². The minimum atomic E-state index is -3.68. The van der Waals surface area contributed by atoms with Crippen LogP contribution in [-0.2, 0) is 19.6 Å². The fourth-order valence-electron chi connectivity index (χ4n) is 1.77. The quantitative estimate of drug-likeness (QED) is 0.809. The minimum Gasteiger partial charge on any atom is -0.376 e. The minimum absolute atomic E-state index is 0.0339. The van der Waals surface area contributed by atoms with Crippen molar-refractivity contribution in [3.05, 3.63) is 16.5 Å². The summed E-state index contributed by atoms with van der Waals surface area (Å²) in [6.45, 7) is 0.822. The van der Waals surface area contributed by atoms with E-state index in [2.05, 4.69) is 10.0 Å². The first kappa shape index (κ1) is 15.7. The summed E-state index contributed by atoms with van der Waals surface area (Å²) in [5.74, 6) is -0.383. The van der Waals surface area contributed by atoms with Gasteiger partial charge in [-0.05, 0) is 25.0 Å². The van der Waals surface area contributed by atoms with Crippen molar-refractivity contribution in [2.75, 3.05) is 19.7 Å². The summed E-state index contributed by atoms with van der Waals surface area (Å²) in [5.41, 5.74) is 0. The number of ether oxygens (including phenoxy) is 1. The van der Waals surface area contributed by atoms with Crippen LogP contribution in [0.5, 0.6) is 0 Å². The molecule has 1 atom stereocenters. The molecule has 112 valence electrons. The average molecular weight is 339 g/mol. The van der Waals surface area contributed by atoms with Crippen molar-refractivity contribution in [2.24, 2.45) is 0 Å². The summed E-state index contributed by atoms with van der Waals surface area (Å²) in [7, 11) is -3.68. The third-order valence-corrected chi connectivity index (χ3v) is 5.91. The fraction of sp³-hybridized carbons (Fsp3) is 0.545. The Morgan fingerprint density at radius 2 is 2.30 bits per heavy atom. The highest BCUT2D eigenvalue weighted by Gasteiger charge is 2.19. The maximum Gasteiger partial charge on any atom is 0.250 e. The standard InChI is InChI=1S/C11H15ClN2O4S2/c12-9-3-4-11(19-9)20(16,17)14-7-10(15)13-6-8-2-1-5-18-8/h3-4,8,14H,1-2,5-7H2,(H,13,15). The van der Waals surface area contributed by atoms with Crippen molar-refractivity contribution in [1.29, 1.82) is 0 Å². The van der Waals surface area contributed by atoms with Crippen LogP contribution in [0.15, 0.2) is 16.3 Å². The Morgan fingerprint density at radius 1 is 1.50 bits per heavy atom. The Morgan fingerprint density at radius 3 is 2.90 bits per heavy atom. The average Bonchev–Trinajstić information content (AvgIpc) is 3.05. The molecule has 0 saturated carbocycles. The molecule has 9 heteroatoms. The van der Waals surface area contributed by atoms with E-state index in [1.165, 1.54) is 12.1 Å². The van der Waals surface area contributed by atoms with Gasteiger partial charge in [0.25, 0.3) is 10.0 Å². The molecule has 0 radical (unpaired) electrons. The maximum absolute atomic E-state index is 11.8. The molecule has 1 unspecified atom stereocenters. The molecular weight excluding hydrogens is 324 g/mol. The predicted molar refractivity (Wildman–Crippen MR) is 76.5 cm³/mol. The Labute approximate surface area is 126 Å². The molecule has 0 bridgehead atoms. The van der Waals surface area contributed by atoms with E-state index in [9.17, 15) is 13.2 Å². The molecule has 2 N–H and O–H groups in total. The monoisotopic (exact) mass is 338 g/mol. The molecule has 1 fully saturated rings. The molecule has 1 aromatic rings. The first-order valence-corrected chi connectivity index (χ1v) is 8.78. The maximum atomic E-state index is 11.8. The molecule has 1 aliphatic heterocycles. The number of carbonyl (C=O) groups is 1. The van der Waals surface area contributed by atoms with Crippen LogP contribution in [0.2, 0.25) is 4.34 Å². The van der Waals surface area contributed by atoms with Crippen LogP contribution in [0.4, 0.5) is 0 Å². The van der Waals surface area contributed by atoms with E-state index >= 15 is 0 Å². The predicted octanol–water partition coefficient (Wildman–Crippen LogP) is 0.975. The van der Waals surface area contributed by atoms with Gasteiger partial charge >= 0.3 is 0 Å². The number of nitrogens with one attached hydrogen (secondary N) is 2. The highest BCUT2D eigenvalue weighted by Crippen LogP contribution is 2.25. The number of thiophene rings is 1. The van der Waals surface area contributed by atoms with Crippen LogP contribution in [0.25, 0.3) is 0 Å². The zero-order valence-corrected chi connectivity index (χ0v) is 13.0. The van der Waals surface area contributed by atoms with Crippen LogP contribution in [0.1, 0.15) is 12.8 Å². The van der Waals surface area contributed by atoms with Crippen LogP contribution in [0, 0.1) is 0 Å². The van der Waals surface area contributed by atoms with Gasteiger partial charge in [0, 0.05) is 13.2 Å². The second kappa shape index (κ2) is 6.86. The second-order valence-corrected chi connectivity index (χ2v) is 8.03. The lowest BCUT2D eigenvalue weighted by molar-refractivity contribution is -0.120. The Balaban J connectivity index is 1.77. The van der Waals surface area contributed by atoms with Crippen molar-refractivity contribution in [3.8, 4) is 0 Å². The summed E-state index contributed by atoms with van der Waals surface area (Å²) >= 11 is 6.63. The van der Waals surface area contributed by atoms with E-state index < -0.39 is 10.0 Å². The lowest BCUT2D eigenvalue weighted by Gasteiger charge is -2.11. The van der Waals surface area contributed by atoms with Crippen molar-refractivity contribution in [2.45, 2.75) is 23.2 Å². The summed E-state index contributed by atoms with van der Waals surface area (Å²) in [5, 5.41) is 2.64. The Hall–Kier alpha value is -0.670. The lowest BCUT2D eigenvalue weighted by atomic mass is 10.2.